The van der Waals surface area contributed by atoms with Gasteiger partial charge in [0.1, 0.15) is 0 Å². The SMILES string of the molecule is CCS(=O)(=O)NCCCNC(=NC)NC(C)CCC(C)(C)C.I. The molecule has 0 aliphatic heterocycles. The molecule has 0 saturated carbocycles. The molecule has 0 fully saturated rings. The molecule has 140 valence electrons. The van der Waals surface area contributed by atoms with E-state index in [9.17, 15) is 8.42 Å². The highest BCUT2D eigenvalue weighted by Gasteiger charge is 2.13. The van der Waals surface area contributed by atoms with Crippen molar-refractivity contribution in [1.29, 1.82) is 0 Å². The Labute approximate surface area is 159 Å². The summed E-state index contributed by atoms with van der Waals surface area (Å²) < 4.78 is 25.1. The summed E-state index contributed by atoms with van der Waals surface area (Å²) in [6.07, 6.45) is 2.95. The van der Waals surface area contributed by atoms with Gasteiger partial charge in [0.05, 0.1) is 5.75 Å². The maximum atomic E-state index is 11.3. The fourth-order valence-electron chi connectivity index (χ4n) is 1.77. The Kier molecular flexibility index (Phi) is 13.4. The third-order valence-corrected chi connectivity index (χ3v) is 4.69. The molecule has 23 heavy (non-hydrogen) atoms. The highest BCUT2D eigenvalue weighted by Crippen LogP contribution is 2.21. The van der Waals surface area contributed by atoms with Crippen molar-refractivity contribution in [2.75, 3.05) is 25.9 Å². The van der Waals surface area contributed by atoms with Gasteiger partial charge in [0.15, 0.2) is 5.96 Å². The predicted octanol–water partition coefficient (Wildman–Crippen LogP) is 2.31. The van der Waals surface area contributed by atoms with Crippen LogP contribution in [0.3, 0.4) is 0 Å². The quantitative estimate of drug-likeness (QED) is 0.213. The van der Waals surface area contributed by atoms with Gasteiger partial charge in [-0.15, -0.1) is 24.0 Å². The lowest BCUT2D eigenvalue weighted by Gasteiger charge is -2.23. The average Bonchev–Trinajstić information content (AvgIpc) is 2.42. The van der Waals surface area contributed by atoms with Crippen molar-refractivity contribution in [3.05, 3.63) is 0 Å². The van der Waals surface area contributed by atoms with Gasteiger partial charge in [-0.25, -0.2) is 13.1 Å². The molecule has 0 aliphatic rings. The van der Waals surface area contributed by atoms with E-state index < -0.39 is 10.0 Å². The molecule has 8 heteroatoms. The molecular formula is C15H35IN4O2S. The minimum absolute atomic E-state index is 0. The Morgan fingerprint density at radius 1 is 1.22 bits per heavy atom. The molecule has 0 amide bonds. The molecule has 3 N–H and O–H groups in total. The summed E-state index contributed by atoms with van der Waals surface area (Å²) in [7, 11) is -1.35. The molecule has 0 aromatic rings. The third kappa shape index (κ3) is 15.2. The first-order valence-electron chi connectivity index (χ1n) is 8.04. The number of nitrogens with one attached hydrogen (secondary N) is 3. The van der Waals surface area contributed by atoms with Crippen LogP contribution in [0.1, 0.15) is 53.9 Å². The Balaban J connectivity index is 0. The molecule has 0 bridgehead atoms. The number of halogens is 1. The van der Waals surface area contributed by atoms with Crippen LogP contribution in [0.2, 0.25) is 0 Å². The largest absolute Gasteiger partial charge is 0.356 e. The number of hydrogen-bond donors (Lipinski definition) is 3. The van der Waals surface area contributed by atoms with Gasteiger partial charge in [-0.3, -0.25) is 4.99 Å². The second kappa shape index (κ2) is 12.3. The van der Waals surface area contributed by atoms with Crippen molar-refractivity contribution in [3.63, 3.8) is 0 Å². The third-order valence-electron chi connectivity index (χ3n) is 3.28. The van der Waals surface area contributed by atoms with E-state index in [0.717, 1.165) is 25.2 Å². The minimum Gasteiger partial charge on any atom is -0.356 e. The van der Waals surface area contributed by atoms with Gasteiger partial charge in [-0.1, -0.05) is 20.8 Å². The van der Waals surface area contributed by atoms with Crippen LogP contribution in [0, 0.1) is 5.41 Å². The number of aliphatic imine (C=N–C) groups is 1. The number of guanidine groups is 1. The van der Waals surface area contributed by atoms with Gasteiger partial charge in [-0.2, -0.15) is 0 Å². The zero-order valence-corrected chi connectivity index (χ0v) is 18.5. The van der Waals surface area contributed by atoms with E-state index in [0.29, 0.717) is 24.5 Å². The summed E-state index contributed by atoms with van der Waals surface area (Å²) in [5.74, 6) is 0.884. The molecule has 1 atom stereocenters. The summed E-state index contributed by atoms with van der Waals surface area (Å²) >= 11 is 0. The Morgan fingerprint density at radius 3 is 2.30 bits per heavy atom. The molecule has 6 nitrogen and oxygen atoms in total. The minimum atomic E-state index is -3.09. The predicted molar refractivity (Wildman–Crippen MR) is 110 cm³/mol. The highest BCUT2D eigenvalue weighted by atomic mass is 127. The average molecular weight is 462 g/mol. The van der Waals surface area contributed by atoms with Gasteiger partial charge in [-0.05, 0) is 38.5 Å². The van der Waals surface area contributed by atoms with Crippen molar-refractivity contribution in [2.24, 2.45) is 10.4 Å². The fourth-order valence-corrected chi connectivity index (χ4v) is 2.43. The van der Waals surface area contributed by atoms with E-state index in [4.69, 9.17) is 0 Å². The fraction of sp³-hybridized carbons (Fsp3) is 0.933. The lowest BCUT2D eigenvalue weighted by Crippen LogP contribution is -2.43. The van der Waals surface area contributed by atoms with Crippen molar-refractivity contribution in [1.82, 2.24) is 15.4 Å². The molecule has 0 radical (unpaired) electrons. The van der Waals surface area contributed by atoms with Crippen LogP contribution in [0.15, 0.2) is 4.99 Å². The monoisotopic (exact) mass is 462 g/mol. The van der Waals surface area contributed by atoms with E-state index in [1.54, 1.807) is 14.0 Å². The van der Waals surface area contributed by atoms with Crippen molar-refractivity contribution < 1.29 is 8.42 Å². The first kappa shape index (κ1) is 25.2. The second-order valence-corrected chi connectivity index (χ2v) is 8.89. The molecule has 0 aromatic carbocycles. The standard InChI is InChI=1S/C15H34N4O2S.HI/c1-7-22(20,21)18-12-8-11-17-14(16-6)19-13(2)9-10-15(3,4)5;/h13,18H,7-12H2,1-6H3,(H2,16,17,19);1H. The normalized spacial score (nSPS) is 14.1. The Bertz CT molecular complexity index is 433. The van der Waals surface area contributed by atoms with Crippen molar-refractivity contribution >= 4 is 40.0 Å². The van der Waals surface area contributed by atoms with Crippen LogP contribution in [0.5, 0.6) is 0 Å². The summed E-state index contributed by atoms with van der Waals surface area (Å²) in [4.78, 5) is 4.19. The van der Waals surface area contributed by atoms with Gasteiger partial charge in [0, 0.05) is 26.2 Å². The van der Waals surface area contributed by atoms with E-state index >= 15 is 0 Å². The highest BCUT2D eigenvalue weighted by molar-refractivity contribution is 14.0. The maximum absolute atomic E-state index is 11.3. The van der Waals surface area contributed by atoms with E-state index in [2.05, 4.69) is 48.0 Å². The molecule has 0 saturated heterocycles. The zero-order valence-electron chi connectivity index (χ0n) is 15.4. The summed E-state index contributed by atoms with van der Waals surface area (Å²) in [5.41, 5.74) is 0.337. The topological polar surface area (TPSA) is 82.6 Å². The van der Waals surface area contributed by atoms with Gasteiger partial charge < -0.3 is 10.6 Å². The number of sulfonamides is 1. The smallest absolute Gasteiger partial charge is 0.211 e. The van der Waals surface area contributed by atoms with E-state index in [1.807, 2.05) is 0 Å². The molecule has 0 spiro atoms. The first-order chi connectivity index (χ1) is 10.1. The lowest BCUT2D eigenvalue weighted by atomic mass is 9.89. The van der Waals surface area contributed by atoms with E-state index in [-0.39, 0.29) is 29.7 Å². The molecular weight excluding hydrogens is 427 g/mol. The van der Waals surface area contributed by atoms with Crippen LogP contribution in [0.4, 0.5) is 0 Å². The summed E-state index contributed by atoms with van der Waals surface area (Å²) in [5, 5.41) is 6.56. The number of nitrogens with zero attached hydrogens (tertiary/aromatic N) is 1. The molecule has 0 rings (SSSR count). The van der Waals surface area contributed by atoms with Crippen LogP contribution >= 0.6 is 24.0 Å². The van der Waals surface area contributed by atoms with Gasteiger partial charge in [0.25, 0.3) is 0 Å². The van der Waals surface area contributed by atoms with Gasteiger partial charge >= 0.3 is 0 Å². The first-order valence-corrected chi connectivity index (χ1v) is 9.69. The number of rotatable bonds is 9. The Morgan fingerprint density at radius 2 is 1.83 bits per heavy atom. The maximum Gasteiger partial charge on any atom is 0.211 e. The summed E-state index contributed by atoms with van der Waals surface area (Å²) in [6.45, 7) is 11.6. The Hall–Kier alpha value is -0.0900. The molecule has 0 heterocycles. The number of hydrogen-bond acceptors (Lipinski definition) is 3. The van der Waals surface area contributed by atoms with Gasteiger partial charge in [0.2, 0.25) is 10.0 Å². The molecule has 0 aromatic heterocycles. The van der Waals surface area contributed by atoms with Crippen LogP contribution in [-0.2, 0) is 10.0 Å². The molecule has 0 aliphatic carbocycles. The van der Waals surface area contributed by atoms with Crippen LogP contribution in [-0.4, -0.2) is 46.3 Å². The van der Waals surface area contributed by atoms with Crippen molar-refractivity contribution in [2.45, 2.75) is 59.9 Å². The van der Waals surface area contributed by atoms with Crippen LogP contribution < -0.4 is 15.4 Å². The zero-order chi connectivity index (χ0) is 17.2. The van der Waals surface area contributed by atoms with Crippen molar-refractivity contribution in [3.8, 4) is 0 Å². The lowest BCUT2D eigenvalue weighted by molar-refractivity contribution is 0.346. The molecule has 1 unspecified atom stereocenters. The second-order valence-electron chi connectivity index (χ2n) is 6.80. The summed E-state index contributed by atoms with van der Waals surface area (Å²) in [6, 6.07) is 0.351. The van der Waals surface area contributed by atoms with Crippen LogP contribution in [0.25, 0.3) is 0 Å². The van der Waals surface area contributed by atoms with E-state index in [1.165, 1.54) is 0 Å².